The van der Waals surface area contributed by atoms with E-state index in [1.807, 2.05) is 18.2 Å². The first-order valence-corrected chi connectivity index (χ1v) is 5.73. The zero-order valence-electron chi connectivity index (χ0n) is 9.00. The first-order valence-electron chi connectivity index (χ1n) is 4.94. The monoisotopic (exact) mass is 296 g/mol. The number of tetrazole rings is 1. The van der Waals surface area contributed by atoms with Gasteiger partial charge < -0.3 is 4.74 Å². The molecular formula is C10H9BrN4O2. The van der Waals surface area contributed by atoms with Gasteiger partial charge in [0.1, 0.15) is 0 Å². The predicted molar refractivity (Wildman–Crippen MR) is 62.8 cm³/mol. The van der Waals surface area contributed by atoms with Crippen LogP contribution in [-0.4, -0.2) is 32.8 Å². The number of carbonyl (C=O) groups is 1. The molecule has 0 atom stereocenters. The highest BCUT2D eigenvalue weighted by Gasteiger charge is 2.14. The summed E-state index contributed by atoms with van der Waals surface area (Å²) in [6, 6.07) is 7.34. The third-order valence-corrected chi connectivity index (χ3v) is 2.40. The number of nitrogens with zero attached hydrogens (tertiary/aromatic N) is 4. The van der Waals surface area contributed by atoms with Crippen LogP contribution in [0.15, 0.2) is 28.7 Å². The van der Waals surface area contributed by atoms with Crippen LogP contribution in [0.25, 0.3) is 5.69 Å². The van der Waals surface area contributed by atoms with Crippen molar-refractivity contribution in [2.45, 2.75) is 6.92 Å². The first-order chi connectivity index (χ1) is 8.20. The van der Waals surface area contributed by atoms with Crippen LogP contribution in [0.1, 0.15) is 17.5 Å². The van der Waals surface area contributed by atoms with Gasteiger partial charge in [-0.15, -0.1) is 15.0 Å². The zero-order valence-corrected chi connectivity index (χ0v) is 10.6. The fourth-order valence-corrected chi connectivity index (χ4v) is 1.59. The second-order valence-electron chi connectivity index (χ2n) is 3.10. The Morgan fingerprint density at radius 2 is 2.35 bits per heavy atom. The summed E-state index contributed by atoms with van der Waals surface area (Å²) in [7, 11) is 0. The van der Waals surface area contributed by atoms with Gasteiger partial charge in [0.05, 0.1) is 12.3 Å². The Morgan fingerprint density at radius 1 is 1.53 bits per heavy atom. The number of hydrogen-bond acceptors (Lipinski definition) is 5. The van der Waals surface area contributed by atoms with Crippen LogP contribution in [0.2, 0.25) is 0 Å². The topological polar surface area (TPSA) is 69.9 Å². The summed E-state index contributed by atoms with van der Waals surface area (Å²) >= 11 is 3.34. The molecule has 0 aliphatic heterocycles. The van der Waals surface area contributed by atoms with Gasteiger partial charge in [0, 0.05) is 4.47 Å². The number of ether oxygens (including phenoxy) is 1. The smallest absolute Gasteiger partial charge is 0.380 e. The maximum Gasteiger partial charge on any atom is 0.380 e. The van der Waals surface area contributed by atoms with Gasteiger partial charge in [0.2, 0.25) is 0 Å². The largest absolute Gasteiger partial charge is 0.460 e. The number of benzene rings is 1. The van der Waals surface area contributed by atoms with Crippen molar-refractivity contribution in [2.24, 2.45) is 0 Å². The molecule has 0 N–H and O–H groups in total. The van der Waals surface area contributed by atoms with Crippen molar-refractivity contribution >= 4 is 21.9 Å². The Kier molecular flexibility index (Phi) is 3.48. The second-order valence-corrected chi connectivity index (χ2v) is 4.02. The van der Waals surface area contributed by atoms with Crippen LogP contribution < -0.4 is 0 Å². The number of carbonyl (C=O) groups excluding carboxylic acids is 1. The Labute approximate surface area is 106 Å². The van der Waals surface area contributed by atoms with Crippen molar-refractivity contribution in [3.05, 3.63) is 34.6 Å². The highest BCUT2D eigenvalue weighted by Crippen LogP contribution is 2.13. The van der Waals surface area contributed by atoms with Crippen molar-refractivity contribution < 1.29 is 9.53 Å². The number of aromatic nitrogens is 4. The van der Waals surface area contributed by atoms with Gasteiger partial charge in [-0.05, 0) is 30.3 Å². The molecule has 0 saturated carbocycles. The average Bonchev–Trinajstić information content (AvgIpc) is 2.78. The minimum absolute atomic E-state index is 0.0492. The SMILES string of the molecule is CCOC(=O)c1nnn(-c2cccc(Br)c2)n1. The number of hydrogen-bond donors (Lipinski definition) is 0. The Bertz CT molecular complexity index is 541. The van der Waals surface area contributed by atoms with Gasteiger partial charge in [-0.3, -0.25) is 0 Å². The molecule has 0 amide bonds. The molecule has 1 aromatic carbocycles. The summed E-state index contributed by atoms with van der Waals surface area (Å²) in [5.74, 6) is -0.624. The predicted octanol–water partition coefficient (Wildman–Crippen LogP) is 1.60. The minimum Gasteiger partial charge on any atom is -0.460 e. The maximum absolute atomic E-state index is 11.3. The molecule has 0 aliphatic carbocycles. The fraction of sp³-hybridized carbons (Fsp3) is 0.200. The molecule has 0 spiro atoms. The highest BCUT2D eigenvalue weighted by molar-refractivity contribution is 9.10. The number of rotatable bonds is 3. The molecule has 0 unspecified atom stereocenters. The molecule has 0 radical (unpaired) electrons. The number of halogens is 1. The van der Waals surface area contributed by atoms with Crippen LogP contribution in [0.3, 0.4) is 0 Å². The molecule has 7 heteroatoms. The summed E-state index contributed by atoms with van der Waals surface area (Å²) in [6.45, 7) is 2.00. The van der Waals surface area contributed by atoms with E-state index in [1.54, 1.807) is 13.0 Å². The van der Waals surface area contributed by atoms with Crippen molar-refractivity contribution in [1.29, 1.82) is 0 Å². The van der Waals surface area contributed by atoms with Gasteiger partial charge in [0.25, 0.3) is 5.82 Å². The van der Waals surface area contributed by atoms with E-state index >= 15 is 0 Å². The molecule has 1 aromatic heterocycles. The lowest BCUT2D eigenvalue weighted by Crippen LogP contribution is -2.07. The number of esters is 1. The maximum atomic E-state index is 11.3. The van der Waals surface area contributed by atoms with Gasteiger partial charge >= 0.3 is 5.97 Å². The van der Waals surface area contributed by atoms with E-state index in [0.717, 1.165) is 4.47 Å². The molecule has 0 bridgehead atoms. The van der Waals surface area contributed by atoms with Crippen LogP contribution in [-0.2, 0) is 4.74 Å². The van der Waals surface area contributed by atoms with E-state index in [1.165, 1.54) is 4.80 Å². The van der Waals surface area contributed by atoms with Crippen LogP contribution >= 0.6 is 15.9 Å². The van der Waals surface area contributed by atoms with Crippen molar-refractivity contribution in [2.75, 3.05) is 6.61 Å². The summed E-state index contributed by atoms with van der Waals surface area (Å²) in [6.07, 6.45) is 0. The molecule has 0 fully saturated rings. The van der Waals surface area contributed by atoms with Crippen LogP contribution in [0.5, 0.6) is 0 Å². The normalized spacial score (nSPS) is 10.2. The molecule has 2 aromatic rings. The van der Waals surface area contributed by atoms with E-state index < -0.39 is 5.97 Å². The lowest BCUT2D eigenvalue weighted by Gasteiger charge is -1.98. The third-order valence-electron chi connectivity index (χ3n) is 1.91. The van der Waals surface area contributed by atoms with Crippen molar-refractivity contribution in [1.82, 2.24) is 20.2 Å². The summed E-state index contributed by atoms with van der Waals surface area (Å²) < 4.78 is 5.67. The quantitative estimate of drug-likeness (QED) is 0.805. The van der Waals surface area contributed by atoms with E-state index in [-0.39, 0.29) is 12.4 Å². The van der Waals surface area contributed by atoms with Crippen molar-refractivity contribution in [3.8, 4) is 5.69 Å². The molecule has 17 heavy (non-hydrogen) atoms. The molecule has 88 valence electrons. The van der Waals surface area contributed by atoms with Crippen molar-refractivity contribution in [3.63, 3.8) is 0 Å². The fourth-order valence-electron chi connectivity index (χ4n) is 1.20. The van der Waals surface area contributed by atoms with E-state index in [4.69, 9.17) is 4.74 Å². The van der Waals surface area contributed by atoms with E-state index in [9.17, 15) is 4.79 Å². The Balaban J connectivity index is 2.27. The average molecular weight is 297 g/mol. The molecule has 0 saturated heterocycles. The van der Waals surface area contributed by atoms with Crippen LogP contribution in [0.4, 0.5) is 0 Å². The van der Waals surface area contributed by atoms with Gasteiger partial charge in [-0.1, -0.05) is 22.0 Å². The van der Waals surface area contributed by atoms with Gasteiger partial charge in [-0.2, -0.15) is 0 Å². The molecule has 6 nitrogen and oxygen atoms in total. The lowest BCUT2D eigenvalue weighted by atomic mass is 10.3. The molecule has 1 heterocycles. The minimum atomic E-state index is -0.575. The Morgan fingerprint density at radius 3 is 3.06 bits per heavy atom. The molecular weight excluding hydrogens is 288 g/mol. The highest BCUT2D eigenvalue weighted by atomic mass is 79.9. The van der Waals surface area contributed by atoms with Gasteiger partial charge in [-0.25, -0.2) is 4.79 Å². The zero-order chi connectivity index (χ0) is 12.3. The standard InChI is InChI=1S/C10H9BrN4O2/c1-2-17-10(16)9-12-14-15(13-9)8-5-3-4-7(11)6-8/h3-6H,2H2,1H3. The first kappa shape index (κ1) is 11.7. The molecule has 2 rings (SSSR count). The third kappa shape index (κ3) is 2.68. The van der Waals surface area contributed by atoms with Crippen LogP contribution in [0, 0.1) is 0 Å². The Hall–Kier alpha value is -1.76. The van der Waals surface area contributed by atoms with E-state index in [0.29, 0.717) is 5.69 Å². The molecule has 0 aliphatic rings. The summed E-state index contributed by atoms with van der Waals surface area (Å²) in [5, 5.41) is 11.4. The summed E-state index contributed by atoms with van der Waals surface area (Å²) in [5.41, 5.74) is 0.711. The summed E-state index contributed by atoms with van der Waals surface area (Å²) in [4.78, 5) is 12.6. The second kappa shape index (κ2) is 5.05. The van der Waals surface area contributed by atoms with E-state index in [2.05, 4.69) is 31.3 Å². The lowest BCUT2D eigenvalue weighted by molar-refractivity contribution is 0.0512. The van der Waals surface area contributed by atoms with Gasteiger partial charge in [0.15, 0.2) is 0 Å².